The summed E-state index contributed by atoms with van der Waals surface area (Å²) in [5, 5.41) is 5.79. The number of nitrogens with two attached hydrogens (primary N) is 1. The zero-order valence-electron chi connectivity index (χ0n) is 23.6. The number of furan rings is 1. The van der Waals surface area contributed by atoms with Gasteiger partial charge in [0.05, 0.1) is 17.2 Å². The highest BCUT2D eigenvalue weighted by molar-refractivity contribution is 7.92. The number of hydrogen-bond donors (Lipinski definition) is 3. The highest BCUT2D eigenvalue weighted by Gasteiger charge is 2.26. The van der Waals surface area contributed by atoms with E-state index in [0.717, 1.165) is 10.6 Å². The van der Waals surface area contributed by atoms with Crippen molar-refractivity contribution in [1.29, 1.82) is 0 Å². The number of hydrogen-bond acceptors (Lipinski definition) is 7. The lowest BCUT2D eigenvalue weighted by Crippen LogP contribution is -2.27. The molecule has 0 aliphatic rings. The van der Waals surface area contributed by atoms with Gasteiger partial charge in [0.1, 0.15) is 17.4 Å². The van der Waals surface area contributed by atoms with Crippen LogP contribution in [0.1, 0.15) is 54.9 Å². The Labute approximate surface area is 238 Å². The molecule has 11 nitrogen and oxygen atoms in total. The summed E-state index contributed by atoms with van der Waals surface area (Å²) in [6.07, 6.45) is 4.00. The van der Waals surface area contributed by atoms with Crippen LogP contribution in [0.15, 0.2) is 34.7 Å². The Bertz CT molecular complexity index is 1520. The maximum absolute atomic E-state index is 13.5. The summed E-state index contributed by atoms with van der Waals surface area (Å²) in [6, 6.07) is 7.13. The normalized spacial score (nSPS) is 12.2. The number of nitrogens with zero attached hydrogens (tertiary/aromatic N) is 2. The first-order valence-electron chi connectivity index (χ1n) is 13.3. The maximum atomic E-state index is 13.5. The smallest absolute Gasteiger partial charge is 0.255 e. The second-order valence-corrected chi connectivity index (χ2v) is 12.0. The first-order chi connectivity index (χ1) is 19.3. The van der Waals surface area contributed by atoms with Crippen LogP contribution in [0.2, 0.25) is 0 Å². The number of amides is 3. The van der Waals surface area contributed by atoms with Gasteiger partial charge in [-0.2, -0.15) is 4.98 Å². The molecule has 0 saturated carbocycles. The molecule has 0 spiro atoms. The van der Waals surface area contributed by atoms with Gasteiger partial charge in [-0.15, -0.1) is 0 Å². The minimum absolute atomic E-state index is 0.0576. The molecule has 0 radical (unpaired) electrons. The van der Waals surface area contributed by atoms with Crippen molar-refractivity contribution < 1.29 is 31.6 Å². The van der Waals surface area contributed by atoms with Crippen LogP contribution in [0.3, 0.4) is 0 Å². The Morgan fingerprint density at radius 2 is 1.83 bits per heavy atom. The molecule has 0 fully saturated rings. The number of fused-ring (bicyclic) bond motifs is 1. The number of unbranched alkanes of at least 4 members (excludes halogenated alkanes) is 1. The third-order valence-electron chi connectivity index (χ3n) is 6.82. The van der Waals surface area contributed by atoms with Gasteiger partial charge in [-0.3, -0.25) is 18.7 Å². The monoisotopic (exact) mass is 589 g/mol. The van der Waals surface area contributed by atoms with E-state index in [2.05, 4.69) is 15.6 Å². The molecule has 1 unspecified atom stereocenters. The number of anilines is 1. The number of carbonyl (C=O) groups is 3. The highest BCUT2D eigenvalue weighted by Crippen LogP contribution is 2.36. The first kappa shape index (κ1) is 31.5. The third kappa shape index (κ3) is 8.03. The van der Waals surface area contributed by atoms with Gasteiger partial charge < -0.3 is 20.8 Å². The number of halogens is 1. The molecule has 222 valence electrons. The number of rotatable bonds is 14. The lowest BCUT2D eigenvalue weighted by molar-refractivity contribution is -0.121. The fourth-order valence-electron chi connectivity index (χ4n) is 4.29. The summed E-state index contributed by atoms with van der Waals surface area (Å²) >= 11 is 0. The largest absolute Gasteiger partial charge is 0.437 e. The molecule has 1 atom stereocenters. The van der Waals surface area contributed by atoms with Crippen LogP contribution in [0.4, 0.5) is 10.2 Å². The summed E-state index contributed by atoms with van der Waals surface area (Å²) in [4.78, 5) is 40.7. The first-order valence-corrected chi connectivity index (χ1v) is 15.1. The minimum atomic E-state index is -3.68. The zero-order valence-corrected chi connectivity index (χ0v) is 24.4. The van der Waals surface area contributed by atoms with Gasteiger partial charge in [0.25, 0.3) is 5.91 Å². The Morgan fingerprint density at radius 3 is 2.44 bits per heavy atom. The Kier molecular flexibility index (Phi) is 10.4. The van der Waals surface area contributed by atoms with Crippen LogP contribution < -0.4 is 20.7 Å². The summed E-state index contributed by atoms with van der Waals surface area (Å²) < 4.78 is 45.3. The van der Waals surface area contributed by atoms with E-state index in [9.17, 15) is 27.2 Å². The van der Waals surface area contributed by atoms with Gasteiger partial charge in [-0.1, -0.05) is 6.92 Å². The molecule has 0 aliphatic carbocycles. The van der Waals surface area contributed by atoms with Gasteiger partial charge in [0.2, 0.25) is 27.6 Å². The maximum Gasteiger partial charge on any atom is 0.255 e. The van der Waals surface area contributed by atoms with Crippen LogP contribution in [-0.4, -0.2) is 58.0 Å². The Balaban J connectivity index is 1.84. The van der Waals surface area contributed by atoms with Gasteiger partial charge >= 0.3 is 0 Å². The quantitative estimate of drug-likeness (QED) is 0.243. The Morgan fingerprint density at radius 1 is 1.15 bits per heavy atom. The second-order valence-electron chi connectivity index (χ2n) is 9.95. The molecule has 3 aromatic rings. The summed E-state index contributed by atoms with van der Waals surface area (Å²) in [5.74, 6) is -1.30. The standard InChI is InChI=1S/C28H36FN5O6S/c1-17(25(30)36)8-7-15-32-22(35)10-6-5-9-19-16-21-23(27(37)31-2)24(18-11-13-20(29)14-12-18)40-28(21)33-26(19)34(3)41(4,38)39/h11-14,16-17H,5-10,15H2,1-4H3,(H2,30,36)(H,31,37)(H,32,35). The van der Waals surface area contributed by atoms with Crippen molar-refractivity contribution >= 4 is 44.7 Å². The fraction of sp³-hybridized carbons (Fsp3) is 0.429. The molecule has 1 aromatic carbocycles. The molecule has 2 aromatic heterocycles. The van der Waals surface area contributed by atoms with Crippen molar-refractivity contribution in [2.45, 2.75) is 45.4 Å². The van der Waals surface area contributed by atoms with Crippen molar-refractivity contribution in [3.8, 4) is 11.3 Å². The topological polar surface area (TPSA) is 165 Å². The average Bonchev–Trinajstić information content (AvgIpc) is 3.30. The summed E-state index contributed by atoms with van der Waals surface area (Å²) in [7, 11) is -0.832. The molecule has 3 rings (SSSR count). The molecule has 0 bridgehead atoms. The third-order valence-corrected chi connectivity index (χ3v) is 7.98. The van der Waals surface area contributed by atoms with Crippen LogP contribution in [0.5, 0.6) is 0 Å². The molecule has 2 heterocycles. The molecule has 41 heavy (non-hydrogen) atoms. The van der Waals surface area contributed by atoms with Gasteiger partial charge in [-0.05, 0) is 68.0 Å². The Hall–Kier alpha value is -4.00. The van der Waals surface area contributed by atoms with E-state index in [1.54, 1.807) is 13.0 Å². The zero-order chi connectivity index (χ0) is 30.3. The number of nitrogens with one attached hydrogen (secondary N) is 2. The number of aromatic nitrogens is 1. The lowest BCUT2D eigenvalue weighted by Gasteiger charge is -2.19. The van der Waals surface area contributed by atoms with Crippen molar-refractivity contribution in [3.63, 3.8) is 0 Å². The van der Waals surface area contributed by atoms with E-state index < -0.39 is 21.7 Å². The minimum Gasteiger partial charge on any atom is -0.437 e. The number of benzene rings is 1. The van der Waals surface area contributed by atoms with E-state index in [0.29, 0.717) is 55.2 Å². The van der Waals surface area contributed by atoms with E-state index >= 15 is 0 Å². The number of primary amides is 1. The van der Waals surface area contributed by atoms with Crippen LogP contribution in [-0.2, 0) is 26.0 Å². The predicted molar refractivity (Wildman–Crippen MR) is 154 cm³/mol. The van der Waals surface area contributed by atoms with Crippen LogP contribution in [0.25, 0.3) is 22.4 Å². The number of carbonyl (C=O) groups excluding carboxylic acids is 3. The van der Waals surface area contributed by atoms with E-state index in [-0.39, 0.29) is 47.0 Å². The van der Waals surface area contributed by atoms with Gasteiger partial charge in [-0.25, -0.2) is 12.8 Å². The molecule has 0 saturated heterocycles. The molecule has 3 amide bonds. The highest BCUT2D eigenvalue weighted by atomic mass is 32.2. The fourth-order valence-corrected chi connectivity index (χ4v) is 4.76. The van der Waals surface area contributed by atoms with Gasteiger partial charge in [0.15, 0.2) is 0 Å². The molecular weight excluding hydrogens is 553 g/mol. The average molecular weight is 590 g/mol. The molecule has 0 aliphatic heterocycles. The molecular formula is C28H36FN5O6S. The molecule has 13 heteroatoms. The van der Waals surface area contributed by atoms with E-state index in [4.69, 9.17) is 10.2 Å². The SMILES string of the molecule is CNC(=O)c1c(-c2ccc(F)cc2)oc2nc(N(C)S(C)(=O)=O)c(CCCCC(=O)NCCCC(C)C(N)=O)cc12. The summed E-state index contributed by atoms with van der Waals surface area (Å²) in [6.45, 7) is 2.19. The lowest BCUT2D eigenvalue weighted by atomic mass is 10.0. The predicted octanol–water partition coefficient (Wildman–Crippen LogP) is 3.12. The van der Waals surface area contributed by atoms with Gasteiger partial charge in [0, 0.05) is 38.5 Å². The number of sulfonamides is 1. The van der Waals surface area contributed by atoms with Crippen LogP contribution in [0, 0.1) is 11.7 Å². The van der Waals surface area contributed by atoms with Crippen molar-refractivity contribution in [2.75, 3.05) is 31.2 Å². The number of pyridine rings is 1. The second kappa shape index (κ2) is 13.6. The van der Waals surface area contributed by atoms with E-state index in [1.165, 1.54) is 38.4 Å². The van der Waals surface area contributed by atoms with Crippen molar-refractivity contribution in [1.82, 2.24) is 15.6 Å². The molecule has 4 N–H and O–H groups in total. The van der Waals surface area contributed by atoms with Crippen LogP contribution >= 0.6 is 0 Å². The van der Waals surface area contributed by atoms with E-state index in [1.807, 2.05) is 0 Å². The summed E-state index contributed by atoms with van der Waals surface area (Å²) in [5.41, 5.74) is 6.52. The van der Waals surface area contributed by atoms with Crippen molar-refractivity contribution in [3.05, 3.63) is 47.3 Å². The van der Waals surface area contributed by atoms with Crippen molar-refractivity contribution in [2.24, 2.45) is 11.7 Å². The number of aryl methyl sites for hydroxylation is 1.